The Balaban J connectivity index is 3.02. The summed E-state index contributed by atoms with van der Waals surface area (Å²) in [6, 6.07) is 4.21. The lowest BCUT2D eigenvalue weighted by molar-refractivity contribution is -0.274. The van der Waals surface area contributed by atoms with Gasteiger partial charge in [0.2, 0.25) is 0 Å². The molecule has 0 aliphatic carbocycles. The second-order valence-corrected chi connectivity index (χ2v) is 2.88. The highest BCUT2D eigenvalue weighted by Gasteiger charge is 2.32. The minimum absolute atomic E-state index is 0.265. The van der Waals surface area contributed by atoms with Crippen LogP contribution in [-0.4, -0.2) is 13.0 Å². The van der Waals surface area contributed by atoms with Gasteiger partial charge in [-0.2, -0.15) is 0 Å². The Kier molecular flexibility index (Phi) is 3.82. The van der Waals surface area contributed by atoms with E-state index in [4.69, 9.17) is 4.74 Å². The molecule has 0 bridgehead atoms. The zero-order valence-electron chi connectivity index (χ0n) is 8.67. The van der Waals surface area contributed by atoms with Crippen LogP contribution in [-0.2, 0) is 0 Å². The summed E-state index contributed by atoms with van der Waals surface area (Å²) < 4.78 is 45.2. The zero-order chi connectivity index (χ0) is 12.2. The Hall–Kier alpha value is -1.65. The third kappa shape index (κ3) is 3.49. The Labute approximate surface area is 91.3 Å². The molecule has 0 fully saturated rings. The number of hydrogen-bond donors (Lipinski definition) is 0. The first-order valence-corrected chi connectivity index (χ1v) is 4.61. The van der Waals surface area contributed by atoms with Gasteiger partial charge in [-0.05, 0) is 19.1 Å². The van der Waals surface area contributed by atoms with Crippen LogP contribution in [0.1, 0.15) is 12.5 Å². The van der Waals surface area contributed by atoms with Gasteiger partial charge < -0.3 is 9.47 Å². The van der Waals surface area contributed by atoms with E-state index in [2.05, 4.69) is 11.3 Å². The van der Waals surface area contributed by atoms with Crippen LogP contribution in [0, 0.1) is 0 Å². The van der Waals surface area contributed by atoms with Crippen molar-refractivity contribution in [2.24, 2.45) is 0 Å². The first kappa shape index (κ1) is 12.4. The van der Waals surface area contributed by atoms with E-state index in [0.717, 1.165) is 0 Å². The Morgan fingerprint density at radius 3 is 2.56 bits per heavy atom. The predicted molar refractivity (Wildman–Crippen MR) is 54.4 cm³/mol. The highest BCUT2D eigenvalue weighted by atomic mass is 19.4. The van der Waals surface area contributed by atoms with Crippen molar-refractivity contribution in [1.82, 2.24) is 0 Å². The molecule has 0 aliphatic rings. The van der Waals surface area contributed by atoms with E-state index in [1.54, 1.807) is 13.0 Å². The van der Waals surface area contributed by atoms with Gasteiger partial charge in [0, 0.05) is 11.6 Å². The zero-order valence-corrected chi connectivity index (χ0v) is 8.67. The van der Waals surface area contributed by atoms with Gasteiger partial charge in [-0.15, -0.1) is 13.2 Å². The van der Waals surface area contributed by atoms with Crippen LogP contribution in [0.25, 0.3) is 6.08 Å². The highest BCUT2D eigenvalue weighted by molar-refractivity contribution is 5.57. The molecule has 0 atom stereocenters. The fraction of sp³-hybridized carbons (Fsp3) is 0.273. The number of benzene rings is 1. The van der Waals surface area contributed by atoms with E-state index in [1.807, 2.05) is 0 Å². The van der Waals surface area contributed by atoms with Crippen LogP contribution in [0.3, 0.4) is 0 Å². The van der Waals surface area contributed by atoms with Crippen LogP contribution in [0.15, 0.2) is 24.8 Å². The topological polar surface area (TPSA) is 18.5 Å². The number of halogens is 3. The summed E-state index contributed by atoms with van der Waals surface area (Å²) in [5, 5.41) is 0. The largest absolute Gasteiger partial charge is 0.573 e. The van der Waals surface area contributed by atoms with E-state index in [-0.39, 0.29) is 11.3 Å². The molecule has 0 radical (unpaired) electrons. The van der Waals surface area contributed by atoms with Gasteiger partial charge in [0.1, 0.15) is 11.5 Å². The fourth-order valence-electron chi connectivity index (χ4n) is 1.15. The van der Waals surface area contributed by atoms with Crippen molar-refractivity contribution in [2.75, 3.05) is 6.61 Å². The monoisotopic (exact) mass is 232 g/mol. The number of rotatable bonds is 4. The van der Waals surface area contributed by atoms with Crippen molar-refractivity contribution in [3.05, 3.63) is 30.3 Å². The average Bonchev–Trinajstić information content (AvgIpc) is 2.16. The quantitative estimate of drug-likeness (QED) is 0.789. The average molecular weight is 232 g/mol. The van der Waals surface area contributed by atoms with Gasteiger partial charge in [-0.25, -0.2) is 0 Å². The smallest absolute Gasteiger partial charge is 0.494 e. The number of hydrogen-bond acceptors (Lipinski definition) is 2. The summed E-state index contributed by atoms with van der Waals surface area (Å²) in [6.45, 7) is 5.52. The maximum Gasteiger partial charge on any atom is 0.573 e. The molecule has 1 rings (SSSR count). The van der Waals surface area contributed by atoms with Gasteiger partial charge in [0.15, 0.2) is 0 Å². The third-order valence-electron chi connectivity index (χ3n) is 1.74. The Morgan fingerprint density at radius 2 is 2.06 bits per heavy atom. The lowest BCUT2D eigenvalue weighted by atomic mass is 10.2. The van der Waals surface area contributed by atoms with Crippen molar-refractivity contribution < 1.29 is 22.6 Å². The molecule has 16 heavy (non-hydrogen) atoms. The predicted octanol–water partition coefficient (Wildman–Crippen LogP) is 3.63. The van der Waals surface area contributed by atoms with E-state index in [1.165, 1.54) is 18.2 Å². The van der Waals surface area contributed by atoms with E-state index in [0.29, 0.717) is 12.4 Å². The molecule has 0 amide bonds. The van der Waals surface area contributed by atoms with Crippen molar-refractivity contribution >= 4 is 6.08 Å². The van der Waals surface area contributed by atoms with E-state index < -0.39 is 6.36 Å². The molecule has 88 valence electrons. The molecule has 0 aliphatic heterocycles. The van der Waals surface area contributed by atoms with Gasteiger partial charge in [-0.3, -0.25) is 0 Å². The van der Waals surface area contributed by atoms with Crippen molar-refractivity contribution in [3.63, 3.8) is 0 Å². The molecule has 0 saturated carbocycles. The summed E-state index contributed by atoms with van der Waals surface area (Å²) in [5.74, 6) is 0.0146. The van der Waals surface area contributed by atoms with Gasteiger partial charge in [-0.1, -0.05) is 12.7 Å². The van der Waals surface area contributed by atoms with Crippen LogP contribution in [0.5, 0.6) is 11.5 Å². The Morgan fingerprint density at radius 1 is 1.38 bits per heavy atom. The maximum absolute atomic E-state index is 12.1. The van der Waals surface area contributed by atoms with Gasteiger partial charge >= 0.3 is 6.36 Å². The Bertz CT molecular complexity index is 372. The fourth-order valence-corrected chi connectivity index (χ4v) is 1.15. The van der Waals surface area contributed by atoms with Crippen LogP contribution in [0.4, 0.5) is 13.2 Å². The molecule has 1 aromatic carbocycles. The molecule has 0 heterocycles. The normalized spacial score (nSPS) is 11.0. The minimum atomic E-state index is -4.72. The highest BCUT2D eigenvalue weighted by Crippen LogP contribution is 2.30. The molecular weight excluding hydrogens is 221 g/mol. The van der Waals surface area contributed by atoms with Crippen LogP contribution < -0.4 is 9.47 Å². The van der Waals surface area contributed by atoms with E-state index >= 15 is 0 Å². The summed E-state index contributed by atoms with van der Waals surface area (Å²) in [6.07, 6.45) is -3.43. The summed E-state index contributed by atoms with van der Waals surface area (Å²) in [4.78, 5) is 0. The molecule has 5 heteroatoms. The summed E-state index contributed by atoms with van der Waals surface area (Å²) in [7, 11) is 0. The lowest BCUT2D eigenvalue weighted by Crippen LogP contribution is -2.17. The minimum Gasteiger partial charge on any atom is -0.494 e. The molecule has 0 saturated heterocycles. The molecule has 0 N–H and O–H groups in total. The second kappa shape index (κ2) is 4.92. The molecule has 0 aromatic heterocycles. The number of alkyl halides is 3. The van der Waals surface area contributed by atoms with Crippen molar-refractivity contribution in [1.29, 1.82) is 0 Å². The summed E-state index contributed by atoms with van der Waals surface area (Å²) in [5.41, 5.74) is 0.265. The maximum atomic E-state index is 12.1. The number of ether oxygens (including phenoxy) is 2. The first-order chi connectivity index (χ1) is 7.46. The second-order valence-electron chi connectivity index (χ2n) is 2.88. The first-order valence-electron chi connectivity index (χ1n) is 4.61. The molecule has 2 nitrogen and oxygen atoms in total. The van der Waals surface area contributed by atoms with E-state index in [9.17, 15) is 13.2 Å². The summed E-state index contributed by atoms with van der Waals surface area (Å²) >= 11 is 0. The molecule has 1 aromatic rings. The van der Waals surface area contributed by atoms with Crippen LogP contribution in [0.2, 0.25) is 0 Å². The molecule has 0 unspecified atom stereocenters. The van der Waals surface area contributed by atoms with Crippen molar-refractivity contribution in [2.45, 2.75) is 13.3 Å². The molecular formula is C11H11F3O2. The lowest BCUT2D eigenvalue weighted by Gasteiger charge is -2.12. The third-order valence-corrected chi connectivity index (χ3v) is 1.74. The van der Waals surface area contributed by atoms with Crippen molar-refractivity contribution in [3.8, 4) is 11.5 Å². The van der Waals surface area contributed by atoms with Gasteiger partial charge in [0.25, 0.3) is 0 Å². The standard InChI is InChI=1S/C11H11F3O2/c1-3-8-5-6-9(15-4-2)7-10(8)16-11(12,13)14/h3,5-7H,1,4H2,2H3. The molecule has 0 spiro atoms. The van der Waals surface area contributed by atoms with Gasteiger partial charge in [0.05, 0.1) is 6.61 Å². The van der Waals surface area contributed by atoms with Crippen LogP contribution >= 0.6 is 0 Å². The SMILES string of the molecule is C=Cc1ccc(OCC)cc1OC(F)(F)F.